The van der Waals surface area contributed by atoms with E-state index in [2.05, 4.69) is 15.9 Å². The fraction of sp³-hybridized carbons (Fsp3) is 0.421. The van der Waals surface area contributed by atoms with E-state index >= 15 is 0 Å². The molecule has 1 aromatic heterocycles. The molecule has 1 saturated heterocycles. The summed E-state index contributed by atoms with van der Waals surface area (Å²) in [6.07, 6.45) is 1.48. The number of hydrogen-bond donors (Lipinski definition) is 0. The van der Waals surface area contributed by atoms with Crippen molar-refractivity contribution >= 4 is 31.9 Å². The number of aryl methyl sites for hydroxylation is 1. The summed E-state index contributed by atoms with van der Waals surface area (Å²) in [5.74, 6) is 0.446. The molecule has 2 aromatic rings. The Morgan fingerprint density at radius 2 is 1.90 bits per heavy atom. The first-order valence-corrected chi connectivity index (χ1v) is 11.4. The number of aromatic nitrogens is 1. The molecule has 158 valence electrons. The van der Waals surface area contributed by atoms with E-state index in [1.54, 1.807) is 18.7 Å². The number of carbonyl (C=O) groups excluding carboxylic acids is 1. The summed E-state index contributed by atoms with van der Waals surface area (Å²) in [4.78, 5) is 14.4. The van der Waals surface area contributed by atoms with Crippen LogP contribution in [0.15, 0.2) is 45.9 Å². The highest BCUT2D eigenvalue weighted by molar-refractivity contribution is 9.10. The third-order valence-corrected chi connectivity index (χ3v) is 7.06. The van der Waals surface area contributed by atoms with Crippen molar-refractivity contribution < 1.29 is 22.7 Å². The standard InChI is InChI=1S/C19H24BrN3O5S/c1-21(7-12-28-16-5-3-15(20)4-6-16)19(24)18-13-17(14-22(18)2)29(25,26)23-8-10-27-11-9-23/h3-6,13-14H,7-12H2,1-2H3. The number of halogens is 1. The third kappa shape index (κ3) is 5.19. The maximum absolute atomic E-state index is 12.8. The van der Waals surface area contributed by atoms with Gasteiger partial charge in [0.1, 0.15) is 22.9 Å². The second-order valence-corrected chi connectivity index (χ2v) is 9.57. The molecule has 0 atom stereocenters. The Balaban J connectivity index is 1.63. The van der Waals surface area contributed by atoms with Gasteiger partial charge >= 0.3 is 0 Å². The number of likely N-dealkylation sites (N-methyl/N-ethyl adjacent to an activating group) is 1. The van der Waals surface area contributed by atoms with Gasteiger partial charge in [-0.1, -0.05) is 15.9 Å². The lowest BCUT2D eigenvalue weighted by atomic mass is 10.3. The monoisotopic (exact) mass is 485 g/mol. The molecular weight excluding hydrogens is 462 g/mol. The van der Waals surface area contributed by atoms with Gasteiger partial charge in [-0.25, -0.2) is 8.42 Å². The van der Waals surface area contributed by atoms with Crippen LogP contribution in [-0.4, -0.2) is 74.6 Å². The molecule has 1 aromatic carbocycles. The summed E-state index contributed by atoms with van der Waals surface area (Å²) >= 11 is 3.37. The van der Waals surface area contributed by atoms with Gasteiger partial charge in [-0.15, -0.1) is 0 Å². The minimum Gasteiger partial charge on any atom is -0.492 e. The zero-order valence-corrected chi connectivity index (χ0v) is 18.8. The molecule has 0 bridgehead atoms. The van der Waals surface area contributed by atoms with Crippen molar-refractivity contribution in [1.29, 1.82) is 0 Å². The molecule has 0 spiro atoms. The molecule has 0 radical (unpaired) electrons. The molecule has 3 rings (SSSR count). The first kappa shape index (κ1) is 21.8. The lowest BCUT2D eigenvalue weighted by molar-refractivity contribution is 0.0730. The van der Waals surface area contributed by atoms with Crippen LogP contribution in [0.5, 0.6) is 5.75 Å². The quantitative estimate of drug-likeness (QED) is 0.598. The number of morpholine rings is 1. The number of rotatable bonds is 7. The molecule has 0 unspecified atom stereocenters. The third-order valence-electron chi connectivity index (χ3n) is 4.66. The normalized spacial score (nSPS) is 15.3. The summed E-state index contributed by atoms with van der Waals surface area (Å²) < 4.78 is 40.4. The zero-order chi connectivity index (χ0) is 21.0. The smallest absolute Gasteiger partial charge is 0.270 e. The van der Waals surface area contributed by atoms with Crippen molar-refractivity contribution in [3.63, 3.8) is 0 Å². The van der Waals surface area contributed by atoms with Crippen molar-refractivity contribution in [3.8, 4) is 5.75 Å². The lowest BCUT2D eigenvalue weighted by Gasteiger charge is -2.25. The molecule has 1 aliphatic heterocycles. The van der Waals surface area contributed by atoms with E-state index < -0.39 is 10.0 Å². The number of hydrogen-bond acceptors (Lipinski definition) is 5. The van der Waals surface area contributed by atoms with Gasteiger partial charge in [0.25, 0.3) is 5.91 Å². The van der Waals surface area contributed by atoms with Crippen molar-refractivity contribution in [2.45, 2.75) is 4.90 Å². The van der Waals surface area contributed by atoms with E-state index in [1.807, 2.05) is 24.3 Å². The van der Waals surface area contributed by atoms with Crippen molar-refractivity contribution in [2.24, 2.45) is 7.05 Å². The van der Waals surface area contributed by atoms with Crippen molar-refractivity contribution in [1.82, 2.24) is 13.8 Å². The van der Waals surface area contributed by atoms with Gasteiger partial charge < -0.3 is 18.9 Å². The predicted molar refractivity (Wildman–Crippen MR) is 112 cm³/mol. The number of nitrogens with zero attached hydrogens (tertiary/aromatic N) is 3. The second kappa shape index (κ2) is 9.29. The Labute approximate surface area is 179 Å². The summed E-state index contributed by atoms with van der Waals surface area (Å²) in [5.41, 5.74) is 0.308. The summed E-state index contributed by atoms with van der Waals surface area (Å²) in [6.45, 7) is 2.07. The SMILES string of the molecule is CN(CCOc1ccc(Br)cc1)C(=O)c1cc(S(=O)(=O)N2CCOCC2)cn1C. The Hall–Kier alpha value is -1.88. The fourth-order valence-electron chi connectivity index (χ4n) is 2.95. The van der Waals surface area contributed by atoms with Gasteiger partial charge in [0.2, 0.25) is 10.0 Å². The predicted octanol–water partition coefficient (Wildman–Crippen LogP) is 1.96. The van der Waals surface area contributed by atoms with Gasteiger partial charge in [-0.3, -0.25) is 4.79 Å². The van der Waals surface area contributed by atoms with Crippen LogP contribution in [0, 0.1) is 0 Å². The average Bonchev–Trinajstić information content (AvgIpc) is 3.12. The lowest BCUT2D eigenvalue weighted by Crippen LogP contribution is -2.40. The minimum absolute atomic E-state index is 0.116. The van der Waals surface area contributed by atoms with Crippen LogP contribution < -0.4 is 4.74 Å². The van der Waals surface area contributed by atoms with Crippen LogP contribution in [-0.2, 0) is 21.8 Å². The van der Waals surface area contributed by atoms with E-state index in [4.69, 9.17) is 9.47 Å². The molecule has 10 heteroatoms. The van der Waals surface area contributed by atoms with Crippen LogP contribution in [0.25, 0.3) is 0 Å². The van der Waals surface area contributed by atoms with Crippen LogP contribution in [0.1, 0.15) is 10.5 Å². The minimum atomic E-state index is -3.65. The molecule has 1 fully saturated rings. The highest BCUT2D eigenvalue weighted by atomic mass is 79.9. The maximum Gasteiger partial charge on any atom is 0.270 e. The Morgan fingerprint density at radius 3 is 2.55 bits per heavy atom. The van der Waals surface area contributed by atoms with Crippen LogP contribution >= 0.6 is 15.9 Å². The fourth-order valence-corrected chi connectivity index (χ4v) is 4.70. The van der Waals surface area contributed by atoms with Crippen molar-refractivity contribution in [3.05, 3.63) is 46.7 Å². The molecule has 1 amide bonds. The summed E-state index contributed by atoms with van der Waals surface area (Å²) in [5, 5.41) is 0. The van der Waals surface area contributed by atoms with E-state index in [0.29, 0.717) is 50.9 Å². The van der Waals surface area contributed by atoms with Gasteiger partial charge in [0.05, 0.1) is 19.8 Å². The van der Waals surface area contributed by atoms with Gasteiger partial charge in [-0.05, 0) is 30.3 Å². The first-order valence-electron chi connectivity index (χ1n) is 9.17. The molecule has 29 heavy (non-hydrogen) atoms. The first-order chi connectivity index (χ1) is 13.8. The van der Waals surface area contributed by atoms with E-state index in [-0.39, 0.29) is 10.8 Å². The molecule has 1 aliphatic rings. The Bertz CT molecular complexity index is 953. The van der Waals surface area contributed by atoms with E-state index in [0.717, 1.165) is 4.47 Å². The summed E-state index contributed by atoms with van der Waals surface area (Å²) in [6, 6.07) is 8.87. The van der Waals surface area contributed by atoms with Crippen LogP contribution in [0.2, 0.25) is 0 Å². The van der Waals surface area contributed by atoms with Gasteiger partial charge in [-0.2, -0.15) is 4.31 Å². The zero-order valence-electron chi connectivity index (χ0n) is 16.4. The Kier molecular flexibility index (Phi) is 6.99. The Morgan fingerprint density at radius 1 is 1.24 bits per heavy atom. The topological polar surface area (TPSA) is 81.1 Å². The molecule has 0 saturated carbocycles. The number of ether oxygens (including phenoxy) is 2. The summed E-state index contributed by atoms with van der Waals surface area (Å²) in [7, 11) is -0.319. The van der Waals surface area contributed by atoms with Crippen molar-refractivity contribution in [2.75, 3.05) is 46.5 Å². The molecular formula is C19H24BrN3O5S. The number of amides is 1. The maximum atomic E-state index is 12.8. The van der Waals surface area contributed by atoms with Crippen LogP contribution in [0.4, 0.5) is 0 Å². The molecule has 0 N–H and O–H groups in total. The van der Waals surface area contributed by atoms with Crippen LogP contribution in [0.3, 0.4) is 0 Å². The second-order valence-electron chi connectivity index (χ2n) is 6.72. The van der Waals surface area contributed by atoms with Gasteiger partial charge in [0, 0.05) is 37.9 Å². The number of sulfonamides is 1. The highest BCUT2D eigenvalue weighted by Gasteiger charge is 2.29. The highest BCUT2D eigenvalue weighted by Crippen LogP contribution is 2.20. The van der Waals surface area contributed by atoms with Gasteiger partial charge in [0.15, 0.2) is 0 Å². The van der Waals surface area contributed by atoms with E-state index in [9.17, 15) is 13.2 Å². The largest absolute Gasteiger partial charge is 0.492 e. The average molecular weight is 486 g/mol. The number of benzene rings is 1. The molecule has 2 heterocycles. The number of carbonyl (C=O) groups is 1. The van der Waals surface area contributed by atoms with E-state index in [1.165, 1.54) is 21.5 Å². The molecule has 8 nitrogen and oxygen atoms in total. The molecule has 0 aliphatic carbocycles.